The van der Waals surface area contributed by atoms with Crippen molar-refractivity contribution in [3.05, 3.63) is 18.0 Å². The summed E-state index contributed by atoms with van der Waals surface area (Å²) in [5.74, 6) is 0. The zero-order valence-electron chi connectivity index (χ0n) is 10.7. The highest BCUT2D eigenvalue weighted by Crippen LogP contribution is 2.27. The first-order chi connectivity index (χ1) is 9.04. The van der Waals surface area contributed by atoms with Crippen molar-refractivity contribution in [2.75, 3.05) is 40.1 Å². The summed E-state index contributed by atoms with van der Waals surface area (Å²) in [6.45, 7) is 2.38. The molecule has 19 heavy (non-hydrogen) atoms. The van der Waals surface area contributed by atoms with Crippen LogP contribution in [0.5, 0.6) is 0 Å². The molecule has 0 N–H and O–H groups in total. The fourth-order valence-corrected chi connectivity index (χ4v) is 1.26. The molecule has 0 atom stereocenters. The molecule has 1 aromatic rings. The Morgan fingerprint density at radius 1 is 1.11 bits per heavy atom. The Morgan fingerprint density at radius 2 is 1.74 bits per heavy atom. The van der Waals surface area contributed by atoms with Crippen LogP contribution in [-0.2, 0) is 26.9 Å². The lowest BCUT2D eigenvalue weighted by Gasteiger charge is -2.06. The molecular weight excluding hydrogens is 265 g/mol. The molecule has 0 radical (unpaired) electrons. The summed E-state index contributed by atoms with van der Waals surface area (Å²) < 4.78 is 53.1. The lowest BCUT2D eigenvalue weighted by atomic mass is 10.4. The van der Waals surface area contributed by atoms with E-state index in [2.05, 4.69) is 5.10 Å². The molecule has 0 saturated heterocycles. The van der Waals surface area contributed by atoms with Crippen molar-refractivity contribution in [2.24, 2.45) is 0 Å². The third-order valence-electron chi connectivity index (χ3n) is 2.20. The average Bonchev–Trinajstić information content (AvgIpc) is 2.81. The van der Waals surface area contributed by atoms with Crippen molar-refractivity contribution in [3.63, 3.8) is 0 Å². The van der Waals surface area contributed by atoms with Crippen LogP contribution >= 0.6 is 0 Å². The minimum absolute atomic E-state index is 0.272. The Balaban J connectivity index is 2.08. The molecule has 1 aromatic heterocycles. The van der Waals surface area contributed by atoms with Crippen LogP contribution in [0.4, 0.5) is 13.2 Å². The quantitative estimate of drug-likeness (QED) is 0.645. The molecule has 110 valence electrons. The van der Waals surface area contributed by atoms with Gasteiger partial charge in [0.05, 0.1) is 39.6 Å². The second kappa shape index (κ2) is 8.13. The van der Waals surface area contributed by atoms with Crippen molar-refractivity contribution in [2.45, 2.75) is 12.7 Å². The van der Waals surface area contributed by atoms with Gasteiger partial charge in [0.1, 0.15) is 0 Å². The molecule has 0 unspecified atom stereocenters. The van der Waals surface area contributed by atoms with Gasteiger partial charge in [-0.1, -0.05) is 0 Å². The third kappa shape index (κ3) is 6.55. The van der Waals surface area contributed by atoms with Crippen LogP contribution in [-0.4, -0.2) is 49.9 Å². The minimum atomic E-state index is -4.40. The fourth-order valence-electron chi connectivity index (χ4n) is 1.26. The highest BCUT2D eigenvalue weighted by atomic mass is 19.4. The van der Waals surface area contributed by atoms with Gasteiger partial charge in [0, 0.05) is 13.3 Å². The van der Waals surface area contributed by atoms with E-state index in [0.717, 1.165) is 6.07 Å². The number of halogens is 3. The van der Waals surface area contributed by atoms with Crippen LogP contribution in [0.2, 0.25) is 0 Å². The number of rotatable bonds is 9. The van der Waals surface area contributed by atoms with E-state index < -0.39 is 11.9 Å². The smallest absolute Gasteiger partial charge is 0.382 e. The van der Waals surface area contributed by atoms with Gasteiger partial charge in [-0.15, -0.1) is 0 Å². The summed E-state index contributed by atoms with van der Waals surface area (Å²) in [6, 6.07) is 0.938. The van der Waals surface area contributed by atoms with Gasteiger partial charge >= 0.3 is 6.18 Å². The van der Waals surface area contributed by atoms with Gasteiger partial charge in [-0.2, -0.15) is 18.3 Å². The third-order valence-corrected chi connectivity index (χ3v) is 2.20. The van der Waals surface area contributed by atoms with Gasteiger partial charge in [0.2, 0.25) is 0 Å². The molecule has 0 spiro atoms. The first-order valence-electron chi connectivity index (χ1n) is 5.79. The Bertz CT molecular complexity index is 355. The van der Waals surface area contributed by atoms with Crippen molar-refractivity contribution in [1.82, 2.24) is 9.78 Å². The normalized spacial score (nSPS) is 12.0. The molecule has 0 fully saturated rings. The SMILES string of the molecule is COCCOCCOCCn1ccc(C(F)(F)F)n1. The van der Waals surface area contributed by atoms with E-state index in [1.54, 1.807) is 7.11 Å². The maximum Gasteiger partial charge on any atom is 0.435 e. The minimum Gasteiger partial charge on any atom is -0.382 e. The molecule has 5 nitrogen and oxygen atoms in total. The summed E-state index contributed by atoms with van der Waals surface area (Å²) in [4.78, 5) is 0. The number of ether oxygens (including phenoxy) is 3. The van der Waals surface area contributed by atoms with Gasteiger partial charge < -0.3 is 14.2 Å². The summed E-state index contributed by atoms with van der Waals surface area (Å²) in [5, 5.41) is 3.40. The summed E-state index contributed by atoms with van der Waals surface area (Å²) in [7, 11) is 1.58. The van der Waals surface area contributed by atoms with Gasteiger partial charge in [0.15, 0.2) is 5.69 Å². The van der Waals surface area contributed by atoms with Crippen molar-refractivity contribution in [1.29, 1.82) is 0 Å². The zero-order chi connectivity index (χ0) is 14.1. The molecule has 1 heterocycles. The van der Waals surface area contributed by atoms with E-state index in [0.29, 0.717) is 26.4 Å². The van der Waals surface area contributed by atoms with E-state index in [1.807, 2.05) is 0 Å². The Labute approximate surface area is 109 Å². The number of hydrogen-bond acceptors (Lipinski definition) is 4. The maximum absolute atomic E-state index is 12.3. The second-order valence-electron chi connectivity index (χ2n) is 3.68. The van der Waals surface area contributed by atoms with Crippen LogP contribution in [0, 0.1) is 0 Å². The van der Waals surface area contributed by atoms with E-state index in [-0.39, 0.29) is 13.2 Å². The van der Waals surface area contributed by atoms with Crippen LogP contribution in [0.25, 0.3) is 0 Å². The van der Waals surface area contributed by atoms with E-state index in [1.165, 1.54) is 10.9 Å². The highest BCUT2D eigenvalue weighted by Gasteiger charge is 2.33. The van der Waals surface area contributed by atoms with Crippen LogP contribution in [0.1, 0.15) is 5.69 Å². The average molecular weight is 282 g/mol. The van der Waals surface area contributed by atoms with Crippen molar-refractivity contribution >= 4 is 0 Å². The highest BCUT2D eigenvalue weighted by molar-refractivity contribution is 5.03. The number of hydrogen-bond donors (Lipinski definition) is 0. The van der Waals surface area contributed by atoms with Crippen LogP contribution in [0.15, 0.2) is 12.3 Å². The molecule has 0 amide bonds. The lowest BCUT2D eigenvalue weighted by molar-refractivity contribution is -0.141. The predicted molar refractivity (Wildman–Crippen MR) is 60.7 cm³/mol. The van der Waals surface area contributed by atoms with E-state index in [4.69, 9.17) is 14.2 Å². The Hall–Kier alpha value is -1.12. The maximum atomic E-state index is 12.3. The van der Waals surface area contributed by atoms with E-state index in [9.17, 15) is 13.2 Å². The first kappa shape index (κ1) is 15.9. The Kier molecular flexibility index (Phi) is 6.82. The summed E-state index contributed by atoms with van der Waals surface area (Å²) in [5.41, 5.74) is -0.893. The fraction of sp³-hybridized carbons (Fsp3) is 0.727. The molecule has 8 heteroatoms. The number of aromatic nitrogens is 2. The number of nitrogens with zero attached hydrogens (tertiary/aromatic N) is 2. The summed E-state index contributed by atoms with van der Waals surface area (Å²) >= 11 is 0. The van der Waals surface area contributed by atoms with Crippen LogP contribution in [0.3, 0.4) is 0 Å². The molecule has 0 aliphatic rings. The number of methoxy groups -OCH3 is 1. The molecular formula is C11H17F3N2O3. The molecule has 0 saturated carbocycles. The first-order valence-corrected chi connectivity index (χ1v) is 5.79. The van der Waals surface area contributed by atoms with E-state index >= 15 is 0 Å². The zero-order valence-corrected chi connectivity index (χ0v) is 10.7. The standard InChI is InChI=1S/C11H17F3N2O3/c1-17-6-7-19-9-8-18-5-4-16-3-2-10(15-16)11(12,13)14/h2-3H,4-9H2,1H3. The van der Waals surface area contributed by atoms with Gasteiger partial charge in [-0.25, -0.2) is 0 Å². The van der Waals surface area contributed by atoms with Gasteiger partial charge in [-0.05, 0) is 6.07 Å². The monoisotopic (exact) mass is 282 g/mol. The lowest BCUT2D eigenvalue weighted by Crippen LogP contribution is -2.13. The molecule has 0 aromatic carbocycles. The van der Waals surface area contributed by atoms with Gasteiger partial charge in [0.25, 0.3) is 0 Å². The molecule has 0 aliphatic carbocycles. The second-order valence-corrected chi connectivity index (χ2v) is 3.68. The van der Waals surface area contributed by atoms with Gasteiger partial charge in [-0.3, -0.25) is 4.68 Å². The Morgan fingerprint density at radius 3 is 2.32 bits per heavy atom. The topological polar surface area (TPSA) is 45.5 Å². The van der Waals surface area contributed by atoms with Crippen molar-refractivity contribution in [3.8, 4) is 0 Å². The summed E-state index contributed by atoms with van der Waals surface area (Å²) in [6.07, 6.45) is -3.12. The van der Waals surface area contributed by atoms with Crippen molar-refractivity contribution < 1.29 is 27.4 Å². The number of alkyl halides is 3. The molecule has 1 rings (SSSR count). The predicted octanol–water partition coefficient (Wildman–Crippen LogP) is 1.58. The molecule has 0 aliphatic heterocycles. The van der Waals surface area contributed by atoms with Crippen LogP contribution < -0.4 is 0 Å². The largest absolute Gasteiger partial charge is 0.435 e. The molecule has 0 bridgehead atoms.